The number of ether oxygens (including phenoxy) is 1. The standard InChI is InChI=1S/C19H12BF5N2O4/c20-16-15(8-1-3-9(4-2-8)19(23,24)25)27-18(31-16)12(7-28)30-11-6-5-10(21)13(14(11)22)17(26)29/h1-6,12,28H,7H2,(H2,26,29). The van der Waals surface area contributed by atoms with Crippen molar-refractivity contribution in [2.45, 2.75) is 12.3 Å². The van der Waals surface area contributed by atoms with Crippen molar-refractivity contribution in [2.75, 3.05) is 6.61 Å². The molecule has 2 radical (unpaired) electrons. The number of nitrogens with zero attached hydrogens (tertiary/aromatic N) is 1. The number of alkyl halides is 3. The fraction of sp³-hybridized carbons (Fsp3) is 0.158. The Morgan fingerprint density at radius 1 is 1.19 bits per heavy atom. The minimum atomic E-state index is -4.53. The second kappa shape index (κ2) is 8.38. The highest BCUT2D eigenvalue weighted by Crippen LogP contribution is 2.31. The molecular formula is C19H12BF5N2O4. The molecule has 0 saturated carbocycles. The lowest BCUT2D eigenvalue weighted by Gasteiger charge is -2.15. The van der Waals surface area contributed by atoms with E-state index in [0.29, 0.717) is 0 Å². The molecule has 1 amide bonds. The second-order valence-corrected chi connectivity index (χ2v) is 6.23. The van der Waals surface area contributed by atoms with Gasteiger partial charge in [-0.15, -0.1) is 0 Å². The van der Waals surface area contributed by atoms with Crippen LogP contribution in [0.1, 0.15) is 27.9 Å². The van der Waals surface area contributed by atoms with Gasteiger partial charge in [0.15, 0.2) is 25.5 Å². The van der Waals surface area contributed by atoms with E-state index in [1.165, 1.54) is 0 Å². The molecule has 0 aliphatic heterocycles. The monoisotopic (exact) mass is 438 g/mol. The number of nitrogens with two attached hydrogens (primary N) is 1. The molecule has 0 bridgehead atoms. The molecule has 2 aromatic carbocycles. The highest BCUT2D eigenvalue weighted by atomic mass is 19.4. The number of benzene rings is 2. The second-order valence-electron chi connectivity index (χ2n) is 6.23. The van der Waals surface area contributed by atoms with Crippen LogP contribution in [0.5, 0.6) is 5.75 Å². The predicted octanol–water partition coefficient (Wildman–Crippen LogP) is 2.64. The average Bonchev–Trinajstić information content (AvgIpc) is 3.08. The van der Waals surface area contributed by atoms with Crippen molar-refractivity contribution < 1.29 is 41.0 Å². The van der Waals surface area contributed by atoms with Gasteiger partial charge in [0.1, 0.15) is 17.1 Å². The number of aliphatic hydroxyl groups excluding tert-OH is 1. The van der Waals surface area contributed by atoms with Crippen LogP contribution < -0.4 is 16.1 Å². The largest absolute Gasteiger partial charge is 0.475 e. The van der Waals surface area contributed by atoms with E-state index in [4.69, 9.17) is 22.7 Å². The van der Waals surface area contributed by atoms with E-state index in [9.17, 15) is 31.9 Å². The van der Waals surface area contributed by atoms with Gasteiger partial charge < -0.3 is 20.0 Å². The van der Waals surface area contributed by atoms with Gasteiger partial charge >= 0.3 is 6.18 Å². The van der Waals surface area contributed by atoms with Crippen molar-refractivity contribution in [1.82, 2.24) is 4.98 Å². The van der Waals surface area contributed by atoms with E-state index in [1.807, 2.05) is 0 Å². The predicted molar refractivity (Wildman–Crippen MR) is 97.7 cm³/mol. The fourth-order valence-electron chi connectivity index (χ4n) is 2.68. The molecule has 1 heterocycles. The summed E-state index contributed by atoms with van der Waals surface area (Å²) in [6.07, 6.45) is -5.97. The van der Waals surface area contributed by atoms with Crippen LogP contribution in [-0.4, -0.2) is 30.5 Å². The minimum Gasteiger partial charge on any atom is -0.475 e. The van der Waals surface area contributed by atoms with Crippen LogP contribution in [0, 0.1) is 11.6 Å². The molecule has 6 nitrogen and oxygen atoms in total. The van der Waals surface area contributed by atoms with Crippen LogP contribution in [0.3, 0.4) is 0 Å². The van der Waals surface area contributed by atoms with E-state index in [-0.39, 0.29) is 22.8 Å². The first kappa shape index (κ1) is 22.3. The number of carbonyl (C=O) groups is 1. The van der Waals surface area contributed by atoms with Crippen LogP contribution in [0.2, 0.25) is 0 Å². The Balaban J connectivity index is 1.91. The molecule has 0 saturated heterocycles. The molecule has 1 aromatic heterocycles. The summed E-state index contributed by atoms with van der Waals surface area (Å²) in [7, 11) is 5.72. The molecule has 1 atom stereocenters. The summed E-state index contributed by atoms with van der Waals surface area (Å²) in [5.74, 6) is -4.93. The van der Waals surface area contributed by atoms with E-state index < -0.39 is 53.3 Å². The molecule has 3 aromatic rings. The van der Waals surface area contributed by atoms with E-state index in [2.05, 4.69) is 4.98 Å². The molecule has 12 heteroatoms. The molecule has 0 aliphatic carbocycles. The number of aliphatic hydroxyl groups is 1. The summed E-state index contributed by atoms with van der Waals surface area (Å²) in [5.41, 5.74) is 2.87. The van der Waals surface area contributed by atoms with Gasteiger partial charge in [0.2, 0.25) is 5.89 Å². The van der Waals surface area contributed by atoms with Gasteiger partial charge in [-0.1, -0.05) is 12.1 Å². The Morgan fingerprint density at radius 2 is 1.84 bits per heavy atom. The SMILES string of the molecule is [B]c1oc(C(CO)Oc2ccc(F)c(C(N)=O)c2F)nc1-c1ccc(C(F)(F)F)cc1. The number of primary amides is 1. The number of amides is 1. The highest BCUT2D eigenvalue weighted by Gasteiger charge is 2.30. The molecular weight excluding hydrogens is 426 g/mol. The van der Waals surface area contributed by atoms with Gasteiger partial charge in [-0.3, -0.25) is 4.79 Å². The maximum atomic E-state index is 14.4. The number of hydrogen-bond donors (Lipinski definition) is 2. The van der Waals surface area contributed by atoms with Crippen LogP contribution in [0.15, 0.2) is 40.8 Å². The quantitative estimate of drug-likeness (QED) is 0.456. The fourth-order valence-corrected chi connectivity index (χ4v) is 2.68. The summed E-state index contributed by atoms with van der Waals surface area (Å²) in [6.45, 7) is -0.797. The van der Waals surface area contributed by atoms with Crippen LogP contribution >= 0.6 is 0 Å². The third-order valence-corrected chi connectivity index (χ3v) is 4.17. The van der Waals surface area contributed by atoms with Crippen molar-refractivity contribution in [2.24, 2.45) is 5.73 Å². The van der Waals surface area contributed by atoms with Crippen molar-refractivity contribution in [3.8, 4) is 17.0 Å². The number of aromatic nitrogens is 1. The number of carbonyl (C=O) groups excluding carboxylic acids is 1. The van der Waals surface area contributed by atoms with Crippen molar-refractivity contribution >= 4 is 19.4 Å². The normalized spacial score (nSPS) is 12.6. The van der Waals surface area contributed by atoms with Crippen molar-refractivity contribution in [3.63, 3.8) is 0 Å². The molecule has 31 heavy (non-hydrogen) atoms. The van der Waals surface area contributed by atoms with Gasteiger partial charge in [0.25, 0.3) is 5.91 Å². The molecule has 0 aliphatic rings. The van der Waals surface area contributed by atoms with Gasteiger partial charge in [-0.25, -0.2) is 13.8 Å². The zero-order valence-corrected chi connectivity index (χ0v) is 15.4. The molecule has 160 valence electrons. The van der Waals surface area contributed by atoms with Gasteiger partial charge in [0.05, 0.1) is 17.8 Å². The maximum Gasteiger partial charge on any atom is 0.416 e. The zero-order chi connectivity index (χ0) is 22.9. The topological polar surface area (TPSA) is 98.6 Å². The molecule has 1 unspecified atom stereocenters. The third kappa shape index (κ3) is 4.53. The Hall–Kier alpha value is -3.41. The van der Waals surface area contributed by atoms with Crippen LogP contribution in [0.4, 0.5) is 22.0 Å². The number of hydrogen-bond acceptors (Lipinski definition) is 5. The van der Waals surface area contributed by atoms with Crippen LogP contribution in [0.25, 0.3) is 11.3 Å². The maximum absolute atomic E-state index is 14.4. The van der Waals surface area contributed by atoms with Crippen molar-refractivity contribution in [3.05, 3.63) is 65.1 Å². The Morgan fingerprint density at radius 3 is 2.39 bits per heavy atom. The molecule has 3 N–H and O–H groups in total. The number of rotatable bonds is 6. The zero-order valence-electron chi connectivity index (χ0n) is 15.4. The summed E-state index contributed by atoms with van der Waals surface area (Å²) in [6, 6.07) is 5.49. The Labute approximate surface area is 172 Å². The first-order chi connectivity index (χ1) is 14.5. The molecule has 0 fully saturated rings. The first-order valence-electron chi connectivity index (χ1n) is 8.52. The summed E-state index contributed by atoms with van der Waals surface area (Å²) >= 11 is 0. The molecule has 3 rings (SSSR count). The minimum absolute atomic E-state index is 0.0387. The van der Waals surface area contributed by atoms with Gasteiger partial charge in [-0.05, 0) is 24.3 Å². The summed E-state index contributed by atoms with van der Waals surface area (Å²) in [5, 5.41) is 9.58. The Kier molecular flexibility index (Phi) is 6.02. The van der Waals surface area contributed by atoms with E-state index in [1.54, 1.807) is 0 Å². The van der Waals surface area contributed by atoms with Gasteiger partial charge in [0, 0.05) is 5.56 Å². The van der Waals surface area contributed by atoms with Crippen LogP contribution in [-0.2, 0) is 6.18 Å². The van der Waals surface area contributed by atoms with Gasteiger partial charge in [-0.2, -0.15) is 13.2 Å². The Bertz CT molecular complexity index is 1120. The lowest BCUT2D eigenvalue weighted by atomic mass is 9.98. The van der Waals surface area contributed by atoms with E-state index >= 15 is 0 Å². The van der Waals surface area contributed by atoms with Crippen molar-refractivity contribution in [1.29, 1.82) is 0 Å². The van der Waals surface area contributed by atoms with E-state index in [0.717, 1.165) is 36.4 Å². The lowest BCUT2D eigenvalue weighted by molar-refractivity contribution is -0.137. The smallest absolute Gasteiger partial charge is 0.416 e. The highest BCUT2D eigenvalue weighted by molar-refractivity contribution is 6.33. The molecule has 0 spiro atoms. The number of oxazole rings is 1. The average molecular weight is 438 g/mol. The first-order valence-corrected chi connectivity index (χ1v) is 8.52. The lowest BCUT2D eigenvalue weighted by Crippen LogP contribution is -2.18. The summed E-state index contributed by atoms with van der Waals surface area (Å²) in [4.78, 5) is 15.2. The third-order valence-electron chi connectivity index (χ3n) is 4.17. The number of halogens is 5. The summed E-state index contributed by atoms with van der Waals surface area (Å²) < 4.78 is 76.6.